The topological polar surface area (TPSA) is 64.3 Å². The number of nitrogens with one attached hydrogen (secondary N) is 1. The van der Waals surface area contributed by atoms with Crippen LogP contribution in [0.25, 0.3) is 10.1 Å². The van der Waals surface area contributed by atoms with Crippen molar-refractivity contribution in [3.8, 4) is 0 Å². The number of nitrogens with two attached hydrogens (primary N) is 1. The molecule has 0 fully saturated rings. The maximum atomic E-state index is 12.1. The first kappa shape index (κ1) is 14.3. The van der Waals surface area contributed by atoms with E-state index in [0.29, 0.717) is 23.7 Å². The van der Waals surface area contributed by atoms with Crippen molar-refractivity contribution in [1.82, 2.24) is 5.32 Å². The molecule has 1 aromatic heterocycles. The van der Waals surface area contributed by atoms with E-state index in [9.17, 15) is 4.79 Å². The molecule has 0 saturated heterocycles. The highest BCUT2D eigenvalue weighted by atomic mass is 79.9. The quantitative estimate of drug-likeness (QED) is 0.821. The number of methoxy groups -OCH3 is 1. The van der Waals surface area contributed by atoms with Crippen molar-refractivity contribution in [2.24, 2.45) is 0 Å². The van der Waals surface area contributed by atoms with E-state index in [2.05, 4.69) is 21.2 Å². The number of fused-ring (bicyclic) bond motifs is 1. The summed E-state index contributed by atoms with van der Waals surface area (Å²) in [5.74, 6) is -0.123. The first-order valence-corrected chi connectivity index (χ1v) is 7.49. The highest BCUT2D eigenvalue weighted by Crippen LogP contribution is 2.37. The van der Waals surface area contributed by atoms with Crippen LogP contribution in [0.1, 0.15) is 16.1 Å². The average Bonchev–Trinajstić information content (AvgIpc) is 2.73. The molecule has 1 amide bonds. The Kier molecular flexibility index (Phi) is 4.79. The van der Waals surface area contributed by atoms with Gasteiger partial charge in [-0.05, 0) is 18.6 Å². The Labute approximate surface area is 124 Å². The fraction of sp³-hybridized carbons (Fsp3) is 0.308. The fourth-order valence-electron chi connectivity index (χ4n) is 1.80. The number of amides is 1. The van der Waals surface area contributed by atoms with Gasteiger partial charge in [-0.25, -0.2) is 0 Å². The van der Waals surface area contributed by atoms with Gasteiger partial charge in [-0.15, -0.1) is 11.3 Å². The molecular formula is C13H15BrN2O2S. The molecule has 0 spiro atoms. The molecule has 0 radical (unpaired) electrons. The molecule has 3 N–H and O–H groups in total. The average molecular weight is 343 g/mol. The molecule has 2 rings (SSSR count). The Bertz CT molecular complexity index is 598. The predicted octanol–water partition coefficient (Wildman–Crippen LogP) is 3.01. The van der Waals surface area contributed by atoms with E-state index in [4.69, 9.17) is 10.5 Å². The number of halogens is 1. The summed E-state index contributed by atoms with van der Waals surface area (Å²) in [5, 5.41) is 3.76. The molecule has 2 aromatic rings. The first-order valence-electron chi connectivity index (χ1n) is 5.88. The number of hydrogen-bond acceptors (Lipinski definition) is 4. The minimum atomic E-state index is -0.123. The second kappa shape index (κ2) is 6.36. The second-order valence-corrected chi connectivity index (χ2v) is 5.97. The Morgan fingerprint density at radius 3 is 3.00 bits per heavy atom. The van der Waals surface area contributed by atoms with Gasteiger partial charge in [0.05, 0.1) is 5.69 Å². The zero-order valence-electron chi connectivity index (χ0n) is 10.5. The van der Waals surface area contributed by atoms with Crippen LogP contribution >= 0.6 is 27.3 Å². The highest BCUT2D eigenvalue weighted by Gasteiger charge is 2.17. The number of ether oxygens (including phenoxy) is 1. The number of carbonyl (C=O) groups excluding carboxylic acids is 1. The Morgan fingerprint density at radius 1 is 1.53 bits per heavy atom. The van der Waals surface area contributed by atoms with E-state index < -0.39 is 0 Å². The molecule has 0 unspecified atom stereocenters. The SMILES string of the molecule is COCCCNC(=O)c1sc2cccc(Br)c2c1N. The molecule has 0 aliphatic rings. The smallest absolute Gasteiger partial charge is 0.263 e. The van der Waals surface area contributed by atoms with Gasteiger partial charge in [0.1, 0.15) is 4.88 Å². The Balaban J connectivity index is 2.18. The lowest BCUT2D eigenvalue weighted by Gasteiger charge is -2.03. The Morgan fingerprint density at radius 2 is 2.32 bits per heavy atom. The van der Waals surface area contributed by atoms with Crippen molar-refractivity contribution in [1.29, 1.82) is 0 Å². The van der Waals surface area contributed by atoms with Gasteiger partial charge in [-0.1, -0.05) is 22.0 Å². The van der Waals surface area contributed by atoms with Gasteiger partial charge in [0.25, 0.3) is 5.91 Å². The maximum absolute atomic E-state index is 12.1. The molecule has 0 bridgehead atoms. The summed E-state index contributed by atoms with van der Waals surface area (Å²) in [4.78, 5) is 12.6. The molecule has 1 aromatic carbocycles. The molecule has 1 heterocycles. The van der Waals surface area contributed by atoms with Crippen LogP contribution in [-0.4, -0.2) is 26.2 Å². The van der Waals surface area contributed by atoms with Gasteiger partial charge < -0.3 is 15.8 Å². The lowest BCUT2D eigenvalue weighted by Crippen LogP contribution is -2.25. The van der Waals surface area contributed by atoms with E-state index in [1.54, 1.807) is 7.11 Å². The number of rotatable bonds is 5. The van der Waals surface area contributed by atoms with Crippen LogP contribution < -0.4 is 11.1 Å². The zero-order chi connectivity index (χ0) is 13.8. The van der Waals surface area contributed by atoms with Crippen molar-refractivity contribution < 1.29 is 9.53 Å². The second-order valence-electron chi connectivity index (χ2n) is 4.06. The standard InChI is InChI=1S/C13H15BrN2O2S/c1-18-7-3-6-16-13(17)12-11(15)10-8(14)4-2-5-9(10)19-12/h2,4-5H,3,6-7,15H2,1H3,(H,16,17). The molecule has 0 aliphatic heterocycles. The predicted molar refractivity (Wildman–Crippen MR) is 82.8 cm³/mol. The number of hydrogen-bond donors (Lipinski definition) is 2. The molecule has 19 heavy (non-hydrogen) atoms. The third-order valence-corrected chi connectivity index (χ3v) is 4.55. The largest absolute Gasteiger partial charge is 0.397 e. The lowest BCUT2D eigenvalue weighted by atomic mass is 10.2. The van der Waals surface area contributed by atoms with Gasteiger partial charge in [-0.2, -0.15) is 0 Å². The van der Waals surface area contributed by atoms with E-state index in [1.807, 2.05) is 18.2 Å². The van der Waals surface area contributed by atoms with Gasteiger partial charge in [0, 0.05) is 34.8 Å². The van der Waals surface area contributed by atoms with Crippen LogP contribution in [-0.2, 0) is 4.74 Å². The summed E-state index contributed by atoms with van der Waals surface area (Å²) in [6.07, 6.45) is 0.788. The van der Waals surface area contributed by atoms with E-state index >= 15 is 0 Å². The number of benzene rings is 1. The third-order valence-electron chi connectivity index (χ3n) is 2.72. The van der Waals surface area contributed by atoms with Crippen molar-refractivity contribution >= 4 is 48.9 Å². The van der Waals surface area contributed by atoms with Gasteiger partial charge in [0.15, 0.2) is 0 Å². The van der Waals surface area contributed by atoms with Crippen LogP contribution in [0, 0.1) is 0 Å². The summed E-state index contributed by atoms with van der Waals surface area (Å²) in [6, 6.07) is 5.82. The summed E-state index contributed by atoms with van der Waals surface area (Å²) in [5.41, 5.74) is 6.60. The third kappa shape index (κ3) is 3.08. The lowest BCUT2D eigenvalue weighted by molar-refractivity contribution is 0.0953. The van der Waals surface area contributed by atoms with Crippen LogP contribution in [0.15, 0.2) is 22.7 Å². The summed E-state index contributed by atoms with van der Waals surface area (Å²) in [7, 11) is 1.64. The van der Waals surface area contributed by atoms with E-state index in [1.165, 1.54) is 11.3 Å². The van der Waals surface area contributed by atoms with Crippen LogP contribution in [0.4, 0.5) is 5.69 Å². The molecule has 0 saturated carbocycles. The number of nitrogen functional groups attached to an aromatic ring is 1. The molecule has 6 heteroatoms. The number of anilines is 1. The van der Waals surface area contributed by atoms with Crippen molar-refractivity contribution in [3.63, 3.8) is 0 Å². The first-order chi connectivity index (χ1) is 9.15. The molecule has 4 nitrogen and oxygen atoms in total. The zero-order valence-corrected chi connectivity index (χ0v) is 12.9. The molecule has 0 aliphatic carbocycles. The van der Waals surface area contributed by atoms with E-state index in [-0.39, 0.29) is 5.91 Å². The summed E-state index contributed by atoms with van der Waals surface area (Å²) < 4.78 is 6.86. The Hall–Kier alpha value is -1.11. The summed E-state index contributed by atoms with van der Waals surface area (Å²) >= 11 is 4.87. The minimum absolute atomic E-state index is 0.123. The van der Waals surface area contributed by atoms with Gasteiger partial charge in [0.2, 0.25) is 0 Å². The fourth-order valence-corrected chi connectivity index (χ4v) is 3.57. The monoisotopic (exact) mass is 342 g/mol. The van der Waals surface area contributed by atoms with Crippen molar-refractivity contribution in [2.75, 3.05) is 26.0 Å². The number of carbonyl (C=O) groups is 1. The van der Waals surface area contributed by atoms with Gasteiger partial charge in [-0.3, -0.25) is 4.79 Å². The molecule has 102 valence electrons. The van der Waals surface area contributed by atoms with Crippen molar-refractivity contribution in [3.05, 3.63) is 27.5 Å². The van der Waals surface area contributed by atoms with E-state index in [0.717, 1.165) is 21.0 Å². The van der Waals surface area contributed by atoms with Crippen molar-refractivity contribution in [2.45, 2.75) is 6.42 Å². The van der Waals surface area contributed by atoms with Crippen LogP contribution in [0.5, 0.6) is 0 Å². The molecular weight excluding hydrogens is 328 g/mol. The maximum Gasteiger partial charge on any atom is 0.263 e. The normalized spacial score (nSPS) is 10.8. The minimum Gasteiger partial charge on any atom is -0.397 e. The number of thiophene rings is 1. The molecule has 0 atom stereocenters. The van der Waals surface area contributed by atoms with Gasteiger partial charge >= 0.3 is 0 Å². The summed E-state index contributed by atoms with van der Waals surface area (Å²) in [6.45, 7) is 1.22. The van der Waals surface area contributed by atoms with Crippen LogP contribution in [0.2, 0.25) is 0 Å². The highest BCUT2D eigenvalue weighted by molar-refractivity contribution is 9.10. The van der Waals surface area contributed by atoms with Crippen LogP contribution in [0.3, 0.4) is 0 Å².